The van der Waals surface area contributed by atoms with Crippen molar-refractivity contribution in [3.8, 4) is 11.1 Å². The molecule has 0 saturated carbocycles. The summed E-state index contributed by atoms with van der Waals surface area (Å²) >= 11 is 0. The lowest BCUT2D eigenvalue weighted by Gasteiger charge is -2.10. The van der Waals surface area contributed by atoms with Crippen molar-refractivity contribution >= 4 is 5.57 Å². The Morgan fingerprint density at radius 3 is 1.95 bits per heavy atom. The zero-order valence-electron chi connectivity index (χ0n) is 12.2. The largest absolute Gasteiger partial charge is 0.0955 e. The van der Waals surface area contributed by atoms with Crippen LogP contribution in [0.3, 0.4) is 0 Å². The van der Waals surface area contributed by atoms with Crippen LogP contribution < -0.4 is 0 Å². The topological polar surface area (TPSA) is 0 Å². The van der Waals surface area contributed by atoms with Gasteiger partial charge in [-0.25, -0.2) is 0 Å². The van der Waals surface area contributed by atoms with E-state index in [0.29, 0.717) is 0 Å². The van der Waals surface area contributed by atoms with Crippen LogP contribution in [-0.2, 0) is 12.8 Å². The lowest BCUT2D eigenvalue weighted by Crippen LogP contribution is -1.91. The summed E-state index contributed by atoms with van der Waals surface area (Å²) in [6.45, 7) is 10.5. The highest BCUT2D eigenvalue weighted by atomic mass is 14.1. The van der Waals surface area contributed by atoms with E-state index in [0.717, 1.165) is 18.4 Å². The maximum Gasteiger partial charge on any atom is -0.0181 e. The second-order valence-electron chi connectivity index (χ2n) is 5.05. The number of allylic oxidation sites excluding steroid dienone is 1. The van der Waals surface area contributed by atoms with E-state index >= 15 is 0 Å². The summed E-state index contributed by atoms with van der Waals surface area (Å²) < 4.78 is 0. The SMILES string of the molecule is C=C(C)c1ccc(-c2ccc(CC)c(CC)c2)cc1. The smallest absolute Gasteiger partial charge is 0.0181 e. The van der Waals surface area contributed by atoms with Crippen molar-refractivity contribution in [3.63, 3.8) is 0 Å². The van der Waals surface area contributed by atoms with Crippen molar-refractivity contribution in [1.82, 2.24) is 0 Å². The van der Waals surface area contributed by atoms with Gasteiger partial charge in [0.25, 0.3) is 0 Å². The second kappa shape index (κ2) is 5.88. The first-order valence-electron chi connectivity index (χ1n) is 7.03. The van der Waals surface area contributed by atoms with Crippen LogP contribution in [0.15, 0.2) is 49.0 Å². The standard InChI is InChI=1S/C19H22/c1-5-15-7-12-19(13-16(15)6-2)18-10-8-17(9-11-18)14(3)4/h7-13H,3,5-6H2,1-2,4H3. The number of rotatable bonds is 4. The quantitative estimate of drug-likeness (QED) is 0.671. The minimum Gasteiger partial charge on any atom is -0.0955 e. The summed E-state index contributed by atoms with van der Waals surface area (Å²) in [6.07, 6.45) is 2.21. The molecule has 0 atom stereocenters. The second-order valence-corrected chi connectivity index (χ2v) is 5.05. The van der Waals surface area contributed by atoms with Gasteiger partial charge in [0, 0.05) is 0 Å². The van der Waals surface area contributed by atoms with E-state index < -0.39 is 0 Å². The highest BCUT2D eigenvalue weighted by Crippen LogP contribution is 2.25. The third-order valence-corrected chi connectivity index (χ3v) is 3.68. The molecule has 19 heavy (non-hydrogen) atoms. The highest BCUT2D eigenvalue weighted by Gasteiger charge is 2.03. The molecule has 0 fully saturated rings. The van der Waals surface area contributed by atoms with Gasteiger partial charge in [-0.05, 0) is 47.6 Å². The van der Waals surface area contributed by atoms with E-state index in [1.54, 1.807) is 0 Å². The summed E-state index contributed by atoms with van der Waals surface area (Å²) in [7, 11) is 0. The normalized spacial score (nSPS) is 10.5. The van der Waals surface area contributed by atoms with Gasteiger partial charge in [-0.1, -0.05) is 68.5 Å². The molecule has 0 radical (unpaired) electrons. The van der Waals surface area contributed by atoms with E-state index in [4.69, 9.17) is 0 Å². The molecule has 0 aliphatic rings. The Labute approximate surface area is 116 Å². The van der Waals surface area contributed by atoms with Crippen molar-refractivity contribution in [1.29, 1.82) is 0 Å². The van der Waals surface area contributed by atoms with Gasteiger partial charge in [0.2, 0.25) is 0 Å². The Hall–Kier alpha value is -1.82. The van der Waals surface area contributed by atoms with Crippen molar-refractivity contribution < 1.29 is 0 Å². The van der Waals surface area contributed by atoms with E-state index in [1.807, 2.05) is 6.92 Å². The minimum atomic E-state index is 1.10. The molecule has 0 aliphatic carbocycles. The van der Waals surface area contributed by atoms with Gasteiger partial charge < -0.3 is 0 Å². The van der Waals surface area contributed by atoms with Crippen LogP contribution in [-0.4, -0.2) is 0 Å². The van der Waals surface area contributed by atoms with Crippen LogP contribution in [0.5, 0.6) is 0 Å². The van der Waals surface area contributed by atoms with Crippen LogP contribution in [0.2, 0.25) is 0 Å². The molecule has 0 unspecified atom stereocenters. The molecule has 0 spiro atoms. The van der Waals surface area contributed by atoms with E-state index in [1.165, 1.54) is 27.8 Å². The van der Waals surface area contributed by atoms with Gasteiger partial charge in [0.15, 0.2) is 0 Å². The average Bonchev–Trinajstić information content (AvgIpc) is 2.46. The van der Waals surface area contributed by atoms with Crippen molar-refractivity contribution in [2.24, 2.45) is 0 Å². The lowest BCUT2D eigenvalue weighted by molar-refractivity contribution is 1.04. The van der Waals surface area contributed by atoms with Gasteiger partial charge in [0.1, 0.15) is 0 Å². The predicted octanol–water partition coefficient (Wildman–Crippen LogP) is 5.51. The summed E-state index contributed by atoms with van der Waals surface area (Å²) in [6, 6.07) is 15.5. The van der Waals surface area contributed by atoms with E-state index in [-0.39, 0.29) is 0 Å². The van der Waals surface area contributed by atoms with Crippen LogP contribution >= 0.6 is 0 Å². The van der Waals surface area contributed by atoms with Crippen molar-refractivity contribution in [2.45, 2.75) is 33.6 Å². The average molecular weight is 250 g/mol. The maximum absolute atomic E-state index is 3.98. The molecule has 0 heteroatoms. The highest BCUT2D eigenvalue weighted by molar-refractivity contribution is 5.69. The van der Waals surface area contributed by atoms with Gasteiger partial charge in [-0.2, -0.15) is 0 Å². The molecule has 0 aromatic heterocycles. The molecule has 0 N–H and O–H groups in total. The first-order chi connectivity index (χ1) is 9.15. The van der Waals surface area contributed by atoms with Crippen LogP contribution in [0, 0.1) is 0 Å². The predicted molar refractivity (Wildman–Crippen MR) is 85.3 cm³/mol. The van der Waals surface area contributed by atoms with Gasteiger partial charge in [-0.15, -0.1) is 0 Å². The molecule has 2 rings (SSSR count). The summed E-state index contributed by atoms with van der Waals surface area (Å²) in [5.74, 6) is 0. The Bertz CT molecular complexity index is 573. The third-order valence-electron chi connectivity index (χ3n) is 3.68. The van der Waals surface area contributed by atoms with Gasteiger partial charge in [0.05, 0.1) is 0 Å². The fourth-order valence-electron chi connectivity index (χ4n) is 2.43. The van der Waals surface area contributed by atoms with Gasteiger partial charge in [-0.3, -0.25) is 0 Å². The molecule has 2 aromatic rings. The number of aryl methyl sites for hydroxylation is 2. The molecule has 98 valence electrons. The zero-order chi connectivity index (χ0) is 13.8. The summed E-state index contributed by atoms with van der Waals surface area (Å²) in [5.41, 5.74) is 7.84. The maximum atomic E-state index is 3.98. The van der Waals surface area contributed by atoms with Crippen LogP contribution in [0.25, 0.3) is 16.7 Å². The van der Waals surface area contributed by atoms with E-state index in [9.17, 15) is 0 Å². The molecular weight excluding hydrogens is 228 g/mol. The Morgan fingerprint density at radius 2 is 1.42 bits per heavy atom. The summed E-state index contributed by atoms with van der Waals surface area (Å²) in [4.78, 5) is 0. The monoisotopic (exact) mass is 250 g/mol. The first kappa shape index (κ1) is 13.6. The molecule has 0 nitrogen and oxygen atoms in total. The number of hydrogen-bond acceptors (Lipinski definition) is 0. The Kier molecular flexibility index (Phi) is 4.21. The first-order valence-corrected chi connectivity index (χ1v) is 7.03. The number of hydrogen-bond donors (Lipinski definition) is 0. The van der Waals surface area contributed by atoms with Crippen molar-refractivity contribution in [2.75, 3.05) is 0 Å². The van der Waals surface area contributed by atoms with Gasteiger partial charge >= 0.3 is 0 Å². The molecule has 0 bridgehead atoms. The fourth-order valence-corrected chi connectivity index (χ4v) is 2.43. The summed E-state index contributed by atoms with van der Waals surface area (Å²) in [5, 5.41) is 0. The van der Waals surface area contributed by atoms with E-state index in [2.05, 4.69) is 62.9 Å². The molecule has 2 aromatic carbocycles. The molecule has 0 amide bonds. The molecule has 0 aliphatic heterocycles. The third kappa shape index (κ3) is 2.96. The zero-order valence-corrected chi connectivity index (χ0v) is 12.2. The Balaban J connectivity index is 2.38. The molecule has 0 heterocycles. The minimum absolute atomic E-state index is 1.10. The van der Waals surface area contributed by atoms with Crippen LogP contribution in [0.1, 0.15) is 37.5 Å². The lowest BCUT2D eigenvalue weighted by atomic mass is 9.95. The number of benzene rings is 2. The Morgan fingerprint density at radius 1 is 0.842 bits per heavy atom. The van der Waals surface area contributed by atoms with Crippen LogP contribution in [0.4, 0.5) is 0 Å². The molecule has 0 saturated heterocycles. The van der Waals surface area contributed by atoms with Crippen molar-refractivity contribution in [3.05, 3.63) is 65.7 Å². The fraction of sp³-hybridized carbons (Fsp3) is 0.263. The molecular formula is C19H22.